The summed E-state index contributed by atoms with van der Waals surface area (Å²) in [6, 6.07) is 7.72. The van der Waals surface area contributed by atoms with Crippen molar-refractivity contribution >= 4 is 27.1 Å². The van der Waals surface area contributed by atoms with Gasteiger partial charge in [0.1, 0.15) is 0 Å². The quantitative estimate of drug-likeness (QED) is 0.877. The lowest BCUT2D eigenvalue weighted by atomic mass is 10.3. The zero-order valence-electron chi connectivity index (χ0n) is 9.38. The lowest BCUT2D eigenvalue weighted by Gasteiger charge is -2.07. The second-order valence-corrected chi connectivity index (χ2v) is 6.19. The number of halogens is 1. The molecule has 0 radical (unpaired) electrons. The number of aromatic nitrogens is 1. The van der Waals surface area contributed by atoms with Crippen molar-refractivity contribution in [3.63, 3.8) is 0 Å². The SMILES string of the molecule is Nc1ccc(Cl)cc1S(=O)(=O)Cc1ccncc1. The van der Waals surface area contributed by atoms with Gasteiger partial charge in [-0.2, -0.15) is 0 Å². The van der Waals surface area contributed by atoms with Crippen LogP contribution >= 0.6 is 11.6 Å². The monoisotopic (exact) mass is 282 g/mol. The molecule has 0 aliphatic rings. The molecule has 0 spiro atoms. The number of nitrogen functional groups attached to an aromatic ring is 1. The third-order valence-corrected chi connectivity index (χ3v) is 4.39. The Morgan fingerprint density at radius 2 is 1.83 bits per heavy atom. The maximum Gasteiger partial charge on any atom is 0.184 e. The number of sulfone groups is 1. The van der Waals surface area contributed by atoms with Gasteiger partial charge in [-0.05, 0) is 35.9 Å². The largest absolute Gasteiger partial charge is 0.398 e. The smallest absolute Gasteiger partial charge is 0.184 e. The van der Waals surface area contributed by atoms with E-state index in [1.807, 2.05) is 0 Å². The first-order valence-corrected chi connectivity index (χ1v) is 7.19. The summed E-state index contributed by atoms with van der Waals surface area (Å²) < 4.78 is 24.4. The Bertz CT molecular complexity index is 657. The van der Waals surface area contributed by atoms with Crippen LogP contribution in [0.2, 0.25) is 5.02 Å². The fourth-order valence-corrected chi connectivity index (χ4v) is 3.31. The van der Waals surface area contributed by atoms with E-state index in [4.69, 9.17) is 17.3 Å². The van der Waals surface area contributed by atoms with Crippen molar-refractivity contribution in [3.05, 3.63) is 53.3 Å². The zero-order chi connectivity index (χ0) is 13.2. The average molecular weight is 283 g/mol. The molecule has 0 atom stereocenters. The van der Waals surface area contributed by atoms with E-state index in [9.17, 15) is 8.42 Å². The first kappa shape index (κ1) is 12.9. The second-order valence-electron chi connectivity index (χ2n) is 3.80. The van der Waals surface area contributed by atoms with Crippen molar-refractivity contribution in [1.29, 1.82) is 0 Å². The zero-order valence-corrected chi connectivity index (χ0v) is 10.9. The molecule has 0 unspecified atom stereocenters. The number of hydrogen-bond donors (Lipinski definition) is 1. The van der Waals surface area contributed by atoms with Crippen molar-refractivity contribution < 1.29 is 8.42 Å². The van der Waals surface area contributed by atoms with Crippen LogP contribution in [0.25, 0.3) is 0 Å². The predicted molar refractivity (Wildman–Crippen MR) is 71.0 cm³/mol. The maximum atomic E-state index is 12.2. The molecule has 2 N–H and O–H groups in total. The molecule has 0 amide bonds. The summed E-state index contributed by atoms with van der Waals surface area (Å²) in [6.45, 7) is 0. The Hall–Kier alpha value is -1.59. The number of nitrogens with two attached hydrogens (primary N) is 1. The van der Waals surface area contributed by atoms with E-state index in [1.54, 1.807) is 30.6 Å². The van der Waals surface area contributed by atoms with Crippen LogP contribution in [0.5, 0.6) is 0 Å². The van der Waals surface area contributed by atoms with Gasteiger partial charge in [0.05, 0.1) is 16.3 Å². The molecule has 0 aliphatic heterocycles. The van der Waals surface area contributed by atoms with Crippen molar-refractivity contribution in [3.8, 4) is 0 Å². The highest BCUT2D eigenvalue weighted by molar-refractivity contribution is 7.90. The predicted octanol–water partition coefficient (Wildman–Crippen LogP) is 2.29. The van der Waals surface area contributed by atoms with E-state index < -0.39 is 9.84 Å². The molecule has 18 heavy (non-hydrogen) atoms. The average Bonchev–Trinajstić information content (AvgIpc) is 2.33. The van der Waals surface area contributed by atoms with Crippen LogP contribution in [0.1, 0.15) is 5.56 Å². The first-order valence-electron chi connectivity index (χ1n) is 5.16. The number of benzene rings is 1. The molecule has 0 aliphatic carbocycles. The van der Waals surface area contributed by atoms with Gasteiger partial charge < -0.3 is 5.73 Å². The summed E-state index contributed by atoms with van der Waals surface area (Å²) in [5.41, 5.74) is 6.54. The molecular weight excluding hydrogens is 272 g/mol. The molecule has 2 aromatic rings. The summed E-state index contributed by atoms with van der Waals surface area (Å²) in [5.74, 6) is -0.125. The van der Waals surface area contributed by atoms with Gasteiger partial charge in [0.15, 0.2) is 9.84 Å². The minimum Gasteiger partial charge on any atom is -0.398 e. The number of pyridine rings is 1. The molecule has 0 fully saturated rings. The van der Waals surface area contributed by atoms with Gasteiger partial charge in [-0.1, -0.05) is 11.6 Å². The first-order chi connectivity index (χ1) is 8.49. The van der Waals surface area contributed by atoms with Crippen LogP contribution in [0, 0.1) is 0 Å². The number of anilines is 1. The highest BCUT2D eigenvalue weighted by Crippen LogP contribution is 2.25. The molecule has 94 valence electrons. The molecule has 0 saturated heterocycles. The van der Waals surface area contributed by atoms with Crippen LogP contribution in [-0.4, -0.2) is 13.4 Å². The van der Waals surface area contributed by atoms with Crippen molar-refractivity contribution in [2.45, 2.75) is 10.6 Å². The van der Waals surface area contributed by atoms with Crippen LogP contribution in [-0.2, 0) is 15.6 Å². The van der Waals surface area contributed by atoms with Crippen LogP contribution in [0.3, 0.4) is 0 Å². The molecule has 0 bridgehead atoms. The van der Waals surface area contributed by atoms with E-state index in [1.165, 1.54) is 12.1 Å². The Balaban J connectivity index is 2.40. The summed E-state index contributed by atoms with van der Waals surface area (Å²) in [4.78, 5) is 3.90. The Morgan fingerprint density at radius 1 is 1.17 bits per heavy atom. The molecule has 1 heterocycles. The van der Waals surface area contributed by atoms with Gasteiger partial charge >= 0.3 is 0 Å². The standard InChI is InChI=1S/C12H11ClN2O2S/c13-10-1-2-11(14)12(7-10)18(16,17)8-9-3-5-15-6-4-9/h1-7H,8,14H2. The molecule has 4 nitrogen and oxygen atoms in total. The Kier molecular flexibility index (Phi) is 3.54. The van der Waals surface area contributed by atoms with Gasteiger partial charge in [-0.25, -0.2) is 8.42 Å². The Morgan fingerprint density at radius 3 is 2.50 bits per heavy atom. The topological polar surface area (TPSA) is 73.1 Å². The molecule has 1 aromatic carbocycles. The third kappa shape index (κ3) is 2.80. The molecule has 1 aromatic heterocycles. The van der Waals surface area contributed by atoms with E-state index in [0.29, 0.717) is 10.6 Å². The number of nitrogens with zero attached hydrogens (tertiary/aromatic N) is 1. The van der Waals surface area contributed by atoms with Gasteiger partial charge in [0, 0.05) is 17.4 Å². The van der Waals surface area contributed by atoms with Gasteiger partial charge in [-0.15, -0.1) is 0 Å². The summed E-state index contributed by atoms with van der Waals surface area (Å²) in [7, 11) is -3.50. The lowest BCUT2D eigenvalue weighted by Crippen LogP contribution is -2.08. The van der Waals surface area contributed by atoms with Crippen molar-refractivity contribution in [2.75, 3.05) is 5.73 Å². The van der Waals surface area contributed by atoms with Crippen molar-refractivity contribution in [1.82, 2.24) is 4.98 Å². The van der Waals surface area contributed by atoms with Crippen molar-refractivity contribution in [2.24, 2.45) is 0 Å². The van der Waals surface area contributed by atoms with E-state index >= 15 is 0 Å². The fraction of sp³-hybridized carbons (Fsp3) is 0.0833. The molecule has 6 heteroatoms. The number of hydrogen-bond acceptors (Lipinski definition) is 4. The van der Waals surface area contributed by atoms with Crippen LogP contribution in [0.15, 0.2) is 47.6 Å². The summed E-state index contributed by atoms with van der Waals surface area (Å²) in [5, 5.41) is 0.345. The number of rotatable bonds is 3. The van der Waals surface area contributed by atoms with Gasteiger partial charge in [0.25, 0.3) is 0 Å². The second kappa shape index (κ2) is 4.96. The highest BCUT2D eigenvalue weighted by Gasteiger charge is 2.18. The summed E-state index contributed by atoms with van der Waals surface area (Å²) in [6.07, 6.45) is 3.10. The van der Waals surface area contributed by atoms with Crippen LogP contribution in [0.4, 0.5) is 5.69 Å². The third-order valence-electron chi connectivity index (χ3n) is 2.42. The van der Waals surface area contributed by atoms with E-state index in [2.05, 4.69) is 4.98 Å². The maximum absolute atomic E-state index is 12.2. The highest BCUT2D eigenvalue weighted by atomic mass is 35.5. The fourth-order valence-electron chi connectivity index (χ4n) is 1.55. The Labute approximate surface area is 110 Å². The van der Waals surface area contributed by atoms with E-state index in [-0.39, 0.29) is 16.3 Å². The molecular formula is C12H11ClN2O2S. The van der Waals surface area contributed by atoms with Gasteiger partial charge in [0.2, 0.25) is 0 Å². The minimum absolute atomic E-state index is 0.0619. The molecule has 2 rings (SSSR count). The summed E-state index contributed by atoms with van der Waals surface area (Å²) >= 11 is 5.80. The van der Waals surface area contributed by atoms with E-state index in [0.717, 1.165) is 0 Å². The van der Waals surface area contributed by atoms with Crippen LogP contribution < -0.4 is 5.73 Å². The molecule has 0 saturated carbocycles. The normalized spacial score (nSPS) is 11.4. The lowest BCUT2D eigenvalue weighted by molar-refractivity contribution is 0.595. The minimum atomic E-state index is -3.50. The van der Waals surface area contributed by atoms with Gasteiger partial charge in [-0.3, -0.25) is 4.98 Å².